The molecule has 0 spiro atoms. The second-order valence-corrected chi connectivity index (χ2v) is 7.63. The highest BCUT2D eigenvalue weighted by molar-refractivity contribution is 7.14. The number of anilines is 1. The molecule has 3 heterocycles. The Morgan fingerprint density at radius 3 is 2.60 bits per heavy atom. The lowest BCUT2D eigenvalue weighted by molar-refractivity contribution is -0.139. The van der Waals surface area contributed by atoms with Crippen LogP contribution in [0.2, 0.25) is 0 Å². The molecule has 0 bridgehead atoms. The second-order valence-electron chi connectivity index (χ2n) is 5.16. The van der Waals surface area contributed by atoms with E-state index in [2.05, 4.69) is 14.7 Å². The van der Waals surface area contributed by atoms with Crippen LogP contribution in [0.3, 0.4) is 0 Å². The van der Waals surface area contributed by atoms with Gasteiger partial charge in [0.25, 0.3) is 0 Å². The van der Waals surface area contributed by atoms with E-state index in [0.717, 1.165) is 16.3 Å². The minimum atomic E-state index is -0.353. The molecule has 1 amide bonds. The molecule has 0 N–H and O–H groups in total. The van der Waals surface area contributed by atoms with Gasteiger partial charge in [-0.15, -0.1) is 22.7 Å². The predicted molar refractivity (Wildman–Crippen MR) is 100 cm³/mol. The summed E-state index contributed by atoms with van der Waals surface area (Å²) in [5.74, 6) is -0.449. The molecule has 3 aromatic rings. The number of thiazole rings is 2. The minimum Gasteiger partial charge on any atom is -0.469 e. The first-order valence-corrected chi connectivity index (χ1v) is 10.0. The zero-order chi connectivity index (χ0) is 17.8. The number of esters is 1. The first-order chi connectivity index (χ1) is 12.1. The quantitative estimate of drug-likeness (QED) is 0.601. The van der Waals surface area contributed by atoms with E-state index in [1.165, 1.54) is 34.7 Å². The van der Waals surface area contributed by atoms with Crippen molar-refractivity contribution < 1.29 is 14.3 Å². The molecule has 3 aromatic heterocycles. The van der Waals surface area contributed by atoms with Gasteiger partial charge < -0.3 is 4.74 Å². The SMILES string of the molecule is COC(=O)Cc1csc(N(C)C(=O)Cc2csc(-c3ccsc3)n2)n1. The topological polar surface area (TPSA) is 72.4 Å². The van der Waals surface area contributed by atoms with Crippen molar-refractivity contribution in [1.29, 1.82) is 0 Å². The van der Waals surface area contributed by atoms with E-state index in [1.807, 2.05) is 22.2 Å². The van der Waals surface area contributed by atoms with Gasteiger partial charge in [0.15, 0.2) is 5.13 Å². The van der Waals surface area contributed by atoms with E-state index in [1.54, 1.807) is 23.8 Å². The third-order valence-corrected chi connectivity index (χ3v) is 6.00. The van der Waals surface area contributed by atoms with Crippen LogP contribution in [0.5, 0.6) is 0 Å². The van der Waals surface area contributed by atoms with E-state index >= 15 is 0 Å². The Hall–Kier alpha value is -2.10. The van der Waals surface area contributed by atoms with Crippen LogP contribution in [-0.2, 0) is 27.2 Å². The number of carbonyl (C=O) groups is 2. The van der Waals surface area contributed by atoms with E-state index in [0.29, 0.717) is 10.8 Å². The van der Waals surface area contributed by atoms with Crippen LogP contribution < -0.4 is 4.90 Å². The number of methoxy groups -OCH3 is 1. The van der Waals surface area contributed by atoms with Gasteiger partial charge in [0.2, 0.25) is 5.91 Å². The lowest BCUT2D eigenvalue weighted by Gasteiger charge is -2.12. The first kappa shape index (κ1) is 17.7. The summed E-state index contributed by atoms with van der Waals surface area (Å²) in [6.07, 6.45) is 0.314. The molecule has 0 aliphatic rings. The van der Waals surface area contributed by atoms with Crippen molar-refractivity contribution in [2.24, 2.45) is 0 Å². The van der Waals surface area contributed by atoms with Gasteiger partial charge in [-0.2, -0.15) is 11.3 Å². The standard InChI is InChI=1S/C16H15N3O3S3/c1-19(16-18-12(9-25-16)6-14(21)22-2)13(20)5-11-8-24-15(17-11)10-3-4-23-7-10/h3-4,7-9H,5-6H2,1-2H3. The molecule has 0 aliphatic carbocycles. The average Bonchev–Trinajstić information content (AvgIpc) is 3.35. The van der Waals surface area contributed by atoms with Crippen LogP contribution in [0.15, 0.2) is 27.6 Å². The monoisotopic (exact) mass is 393 g/mol. The Bertz CT molecular complexity index is 870. The van der Waals surface area contributed by atoms with Gasteiger partial charge in [-0.1, -0.05) is 0 Å². The van der Waals surface area contributed by atoms with E-state index in [4.69, 9.17) is 0 Å². The molecule has 25 heavy (non-hydrogen) atoms. The number of hydrogen-bond acceptors (Lipinski definition) is 8. The number of hydrogen-bond donors (Lipinski definition) is 0. The maximum absolute atomic E-state index is 12.5. The Morgan fingerprint density at radius 1 is 1.12 bits per heavy atom. The lowest BCUT2D eigenvalue weighted by atomic mass is 10.3. The smallest absolute Gasteiger partial charge is 0.311 e. The summed E-state index contributed by atoms with van der Waals surface area (Å²) in [6.45, 7) is 0. The number of nitrogens with zero attached hydrogens (tertiary/aromatic N) is 3. The third-order valence-electron chi connectivity index (χ3n) is 3.41. The summed E-state index contributed by atoms with van der Waals surface area (Å²) in [5, 5.41) is 9.17. The zero-order valence-electron chi connectivity index (χ0n) is 13.6. The van der Waals surface area contributed by atoms with Crippen LogP contribution in [0.4, 0.5) is 5.13 Å². The van der Waals surface area contributed by atoms with Gasteiger partial charge in [-0.05, 0) is 11.4 Å². The van der Waals surface area contributed by atoms with E-state index in [9.17, 15) is 9.59 Å². The fourth-order valence-electron chi connectivity index (χ4n) is 2.04. The Balaban J connectivity index is 1.64. The molecule has 0 saturated carbocycles. The summed E-state index contributed by atoms with van der Waals surface area (Å²) in [7, 11) is 3.01. The molecule has 0 atom stereocenters. The molecule has 0 radical (unpaired) electrons. The van der Waals surface area contributed by atoms with Crippen molar-refractivity contribution in [2.45, 2.75) is 12.8 Å². The van der Waals surface area contributed by atoms with Crippen molar-refractivity contribution in [3.63, 3.8) is 0 Å². The van der Waals surface area contributed by atoms with Crippen molar-refractivity contribution in [1.82, 2.24) is 9.97 Å². The molecular weight excluding hydrogens is 378 g/mol. The molecule has 0 aliphatic heterocycles. The number of likely N-dealkylation sites (N-methyl/N-ethyl adjacent to an activating group) is 1. The fourth-order valence-corrected chi connectivity index (χ4v) is 4.38. The first-order valence-electron chi connectivity index (χ1n) is 7.31. The highest BCUT2D eigenvalue weighted by Gasteiger charge is 2.18. The predicted octanol–water partition coefficient (Wildman–Crippen LogP) is 3.25. The number of aromatic nitrogens is 2. The van der Waals surface area contributed by atoms with Crippen LogP contribution in [-0.4, -0.2) is 36.0 Å². The van der Waals surface area contributed by atoms with Gasteiger partial charge in [0.05, 0.1) is 31.3 Å². The molecule has 0 fully saturated rings. The minimum absolute atomic E-state index is 0.0962. The number of thiophene rings is 1. The Labute approximate surface area is 156 Å². The van der Waals surface area contributed by atoms with Crippen LogP contribution >= 0.6 is 34.0 Å². The summed E-state index contributed by atoms with van der Waals surface area (Å²) >= 11 is 4.47. The van der Waals surface area contributed by atoms with Crippen molar-refractivity contribution in [2.75, 3.05) is 19.1 Å². The molecule has 0 saturated heterocycles. The highest BCUT2D eigenvalue weighted by Crippen LogP contribution is 2.26. The van der Waals surface area contributed by atoms with Crippen molar-refractivity contribution in [3.05, 3.63) is 39.0 Å². The van der Waals surface area contributed by atoms with E-state index in [-0.39, 0.29) is 24.7 Å². The van der Waals surface area contributed by atoms with Crippen LogP contribution in [0.25, 0.3) is 10.6 Å². The van der Waals surface area contributed by atoms with Gasteiger partial charge >= 0.3 is 5.97 Å². The van der Waals surface area contributed by atoms with Crippen molar-refractivity contribution >= 4 is 51.0 Å². The van der Waals surface area contributed by atoms with Gasteiger partial charge in [0, 0.05) is 28.8 Å². The van der Waals surface area contributed by atoms with Gasteiger partial charge in [0.1, 0.15) is 5.01 Å². The summed E-state index contributed by atoms with van der Waals surface area (Å²) < 4.78 is 4.62. The van der Waals surface area contributed by atoms with E-state index < -0.39 is 0 Å². The number of ether oxygens (including phenoxy) is 1. The molecule has 3 rings (SSSR count). The number of rotatable bonds is 6. The molecule has 130 valence electrons. The van der Waals surface area contributed by atoms with Gasteiger partial charge in [-0.3, -0.25) is 14.5 Å². The Morgan fingerprint density at radius 2 is 1.88 bits per heavy atom. The second kappa shape index (κ2) is 7.85. The lowest BCUT2D eigenvalue weighted by Crippen LogP contribution is -2.27. The fraction of sp³-hybridized carbons (Fsp3) is 0.250. The molecule has 0 aromatic carbocycles. The normalized spacial score (nSPS) is 10.6. The molecular formula is C16H15N3O3S3. The van der Waals surface area contributed by atoms with Crippen LogP contribution in [0, 0.1) is 0 Å². The molecule has 9 heteroatoms. The van der Waals surface area contributed by atoms with Crippen LogP contribution in [0.1, 0.15) is 11.4 Å². The maximum Gasteiger partial charge on any atom is 0.311 e. The number of amides is 1. The third kappa shape index (κ3) is 4.30. The molecule has 0 unspecified atom stereocenters. The average molecular weight is 394 g/mol. The highest BCUT2D eigenvalue weighted by atomic mass is 32.1. The Kier molecular flexibility index (Phi) is 5.57. The summed E-state index contributed by atoms with van der Waals surface area (Å²) in [4.78, 5) is 34.1. The maximum atomic E-state index is 12.5. The molecule has 6 nitrogen and oxygen atoms in total. The summed E-state index contributed by atoms with van der Waals surface area (Å²) in [6, 6.07) is 2.01. The summed E-state index contributed by atoms with van der Waals surface area (Å²) in [5.41, 5.74) is 2.42. The number of carbonyl (C=O) groups excluding carboxylic acids is 2. The largest absolute Gasteiger partial charge is 0.469 e. The van der Waals surface area contributed by atoms with Crippen molar-refractivity contribution in [3.8, 4) is 10.6 Å². The van der Waals surface area contributed by atoms with Gasteiger partial charge in [-0.25, -0.2) is 9.97 Å². The zero-order valence-corrected chi connectivity index (χ0v) is 16.0.